The molecule has 0 aliphatic rings. The number of halogens is 3. The number of rotatable bonds is 4. The second-order valence-corrected chi connectivity index (χ2v) is 4.78. The molecule has 2 nitrogen and oxygen atoms in total. The number of alkyl halides is 1. The van der Waals surface area contributed by atoms with Gasteiger partial charge in [-0.05, 0) is 23.3 Å². The first-order chi connectivity index (χ1) is 8.69. The standard InChI is InChI=1S/C13H10Cl3NO/c14-6-10-5-13(17-7-12(10)16)18-8-9-2-1-3-11(15)4-9/h1-5,7H,6,8H2. The van der Waals surface area contributed by atoms with E-state index in [2.05, 4.69) is 4.98 Å². The van der Waals surface area contributed by atoms with Gasteiger partial charge in [0.15, 0.2) is 0 Å². The Labute approximate surface area is 120 Å². The molecule has 94 valence electrons. The summed E-state index contributed by atoms with van der Waals surface area (Å²) in [6.07, 6.45) is 1.53. The van der Waals surface area contributed by atoms with Gasteiger partial charge in [0, 0.05) is 23.2 Å². The molecule has 1 aromatic carbocycles. The maximum Gasteiger partial charge on any atom is 0.213 e. The van der Waals surface area contributed by atoms with Gasteiger partial charge in [-0.1, -0.05) is 35.3 Å². The van der Waals surface area contributed by atoms with Crippen molar-refractivity contribution in [1.82, 2.24) is 4.98 Å². The molecule has 5 heteroatoms. The van der Waals surface area contributed by atoms with E-state index in [0.717, 1.165) is 11.1 Å². The first-order valence-corrected chi connectivity index (χ1v) is 6.55. The van der Waals surface area contributed by atoms with Crippen LogP contribution in [0.2, 0.25) is 10.0 Å². The fourth-order valence-corrected chi connectivity index (χ4v) is 2.10. The molecule has 0 amide bonds. The summed E-state index contributed by atoms with van der Waals surface area (Å²) in [5.41, 5.74) is 1.78. The zero-order chi connectivity index (χ0) is 13.0. The maximum absolute atomic E-state index is 5.91. The molecule has 0 bridgehead atoms. The Morgan fingerprint density at radius 1 is 1.17 bits per heavy atom. The van der Waals surface area contributed by atoms with Crippen LogP contribution in [-0.2, 0) is 12.5 Å². The molecule has 0 N–H and O–H groups in total. The highest BCUT2D eigenvalue weighted by atomic mass is 35.5. The first kappa shape index (κ1) is 13.5. The number of hydrogen-bond acceptors (Lipinski definition) is 2. The van der Waals surface area contributed by atoms with Crippen molar-refractivity contribution in [3.8, 4) is 5.88 Å². The molecule has 1 aromatic heterocycles. The Balaban J connectivity index is 2.06. The lowest BCUT2D eigenvalue weighted by Crippen LogP contribution is -1.98. The van der Waals surface area contributed by atoms with E-state index in [1.165, 1.54) is 6.20 Å². The van der Waals surface area contributed by atoms with Crippen molar-refractivity contribution in [3.63, 3.8) is 0 Å². The number of ether oxygens (including phenoxy) is 1. The monoisotopic (exact) mass is 301 g/mol. The zero-order valence-corrected chi connectivity index (χ0v) is 11.6. The molecule has 0 unspecified atom stereocenters. The van der Waals surface area contributed by atoms with Crippen molar-refractivity contribution in [2.45, 2.75) is 12.5 Å². The highest BCUT2D eigenvalue weighted by Gasteiger charge is 2.04. The van der Waals surface area contributed by atoms with Gasteiger partial charge in [0.1, 0.15) is 6.61 Å². The Morgan fingerprint density at radius 2 is 2.00 bits per heavy atom. The van der Waals surface area contributed by atoms with E-state index in [4.69, 9.17) is 39.5 Å². The molecular formula is C13H10Cl3NO. The SMILES string of the molecule is ClCc1cc(OCc2cccc(Cl)c2)ncc1Cl. The van der Waals surface area contributed by atoms with Crippen LogP contribution < -0.4 is 4.74 Å². The predicted octanol–water partition coefficient (Wildman–Crippen LogP) is 4.71. The van der Waals surface area contributed by atoms with E-state index in [1.54, 1.807) is 6.07 Å². The number of hydrogen-bond donors (Lipinski definition) is 0. The maximum atomic E-state index is 5.91. The van der Waals surface area contributed by atoms with Gasteiger partial charge in [-0.3, -0.25) is 0 Å². The van der Waals surface area contributed by atoms with E-state index in [0.29, 0.717) is 28.4 Å². The molecule has 0 saturated carbocycles. The Bertz CT molecular complexity index is 546. The predicted molar refractivity (Wildman–Crippen MR) is 74.6 cm³/mol. The summed E-state index contributed by atoms with van der Waals surface area (Å²) in [7, 11) is 0. The van der Waals surface area contributed by atoms with Crippen molar-refractivity contribution in [2.75, 3.05) is 0 Å². The summed E-state index contributed by atoms with van der Waals surface area (Å²) in [6, 6.07) is 9.21. The van der Waals surface area contributed by atoms with Gasteiger partial charge in [0.05, 0.1) is 5.02 Å². The molecule has 0 spiro atoms. The van der Waals surface area contributed by atoms with Crippen LogP contribution >= 0.6 is 34.8 Å². The molecule has 1 heterocycles. The topological polar surface area (TPSA) is 22.1 Å². The first-order valence-electron chi connectivity index (χ1n) is 5.26. The average Bonchev–Trinajstić information content (AvgIpc) is 2.38. The number of nitrogens with zero attached hydrogens (tertiary/aromatic N) is 1. The quantitative estimate of drug-likeness (QED) is 0.763. The lowest BCUT2D eigenvalue weighted by Gasteiger charge is -2.07. The lowest BCUT2D eigenvalue weighted by molar-refractivity contribution is 0.293. The minimum absolute atomic E-state index is 0.328. The van der Waals surface area contributed by atoms with Crippen molar-refractivity contribution >= 4 is 34.8 Å². The van der Waals surface area contributed by atoms with Crippen LogP contribution in [0.1, 0.15) is 11.1 Å². The zero-order valence-electron chi connectivity index (χ0n) is 9.37. The molecule has 0 saturated heterocycles. The Hall–Kier alpha value is -0.960. The van der Waals surface area contributed by atoms with Gasteiger partial charge in [-0.15, -0.1) is 11.6 Å². The fourth-order valence-electron chi connectivity index (χ4n) is 1.42. The van der Waals surface area contributed by atoms with Crippen LogP contribution in [0.5, 0.6) is 5.88 Å². The van der Waals surface area contributed by atoms with Gasteiger partial charge in [-0.25, -0.2) is 4.98 Å². The minimum atomic E-state index is 0.328. The summed E-state index contributed by atoms with van der Waals surface area (Å²) in [5.74, 6) is 0.824. The van der Waals surface area contributed by atoms with Gasteiger partial charge < -0.3 is 4.74 Å². The molecule has 2 aromatic rings. The minimum Gasteiger partial charge on any atom is -0.473 e. The second kappa shape index (κ2) is 6.28. The third kappa shape index (κ3) is 3.52. The summed E-state index contributed by atoms with van der Waals surface area (Å²) >= 11 is 17.6. The van der Waals surface area contributed by atoms with Gasteiger partial charge in [0.2, 0.25) is 5.88 Å². The van der Waals surface area contributed by atoms with E-state index >= 15 is 0 Å². The molecule has 2 rings (SSSR count). The van der Waals surface area contributed by atoms with Crippen molar-refractivity contribution in [1.29, 1.82) is 0 Å². The van der Waals surface area contributed by atoms with Crippen LogP contribution in [-0.4, -0.2) is 4.98 Å². The van der Waals surface area contributed by atoms with E-state index in [9.17, 15) is 0 Å². The summed E-state index contributed by atoms with van der Waals surface area (Å²) < 4.78 is 5.56. The Kier molecular flexibility index (Phi) is 4.70. The van der Waals surface area contributed by atoms with E-state index < -0.39 is 0 Å². The van der Waals surface area contributed by atoms with E-state index in [-0.39, 0.29) is 0 Å². The molecule has 18 heavy (non-hydrogen) atoms. The molecule has 0 aliphatic carbocycles. The highest BCUT2D eigenvalue weighted by molar-refractivity contribution is 6.32. The molecule has 0 atom stereocenters. The van der Waals surface area contributed by atoms with Crippen molar-refractivity contribution in [2.24, 2.45) is 0 Å². The summed E-state index contributed by atoms with van der Waals surface area (Å²) in [6.45, 7) is 0.400. The largest absolute Gasteiger partial charge is 0.473 e. The van der Waals surface area contributed by atoms with E-state index in [1.807, 2.05) is 24.3 Å². The second-order valence-electron chi connectivity index (χ2n) is 3.67. The normalized spacial score (nSPS) is 10.4. The van der Waals surface area contributed by atoms with Crippen LogP contribution in [0, 0.1) is 0 Å². The Morgan fingerprint density at radius 3 is 2.72 bits per heavy atom. The number of aromatic nitrogens is 1. The average molecular weight is 303 g/mol. The number of benzene rings is 1. The number of pyridine rings is 1. The lowest BCUT2D eigenvalue weighted by atomic mass is 10.2. The summed E-state index contributed by atoms with van der Waals surface area (Å²) in [5, 5.41) is 1.22. The smallest absolute Gasteiger partial charge is 0.213 e. The van der Waals surface area contributed by atoms with Crippen LogP contribution in [0.3, 0.4) is 0 Å². The van der Waals surface area contributed by atoms with Crippen LogP contribution in [0.25, 0.3) is 0 Å². The van der Waals surface area contributed by atoms with Gasteiger partial charge in [-0.2, -0.15) is 0 Å². The third-order valence-corrected chi connectivity index (χ3v) is 3.19. The molecule has 0 radical (unpaired) electrons. The van der Waals surface area contributed by atoms with Crippen LogP contribution in [0.15, 0.2) is 36.5 Å². The van der Waals surface area contributed by atoms with Crippen LogP contribution in [0.4, 0.5) is 0 Å². The highest BCUT2D eigenvalue weighted by Crippen LogP contribution is 2.21. The van der Waals surface area contributed by atoms with Crippen molar-refractivity contribution in [3.05, 3.63) is 57.7 Å². The molecule has 0 aliphatic heterocycles. The van der Waals surface area contributed by atoms with Gasteiger partial charge >= 0.3 is 0 Å². The molecule has 0 fully saturated rings. The fraction of sp³-hybridized carbons (Fsp3) is 0.154. The van der Waals surface area contributed by atoms with Crippen molar-refractivity contribution < 1.29 is 4.74 Å². The third-order valence-electron chi connectivity index (χ3n) is 2.33. The summed E-state index contributed by atoms with van der Waals surface area (Å²) in [4.78, 5) is 4.08. The van der Waals surface area contributed by atoms with Gasteiger partial charge in [0.25, 0.3) is 0 Å². The molecular weight excluding hydrogens is 293 g/mol.